The highest BCUT2D eigenvalue weighted by Crippen LogP contribution is 2.11. The number of likely N-dealkylation sites (N-methyl/N-ethyl adjacent to an activating group) is 1. The van der Waals surface area contributed by atoms with E-state index in [1.165, 1.54) is 0 Å². The molecule has 0 aromatic heterocycles. The fourth-order valence-corrected chi connectivity index (χ4v) is 1.19. The van der Waals surface area contributed by atoms with Crippen molar-refractivity contribution in [2.24, 2.45) is 5.92 Å². The predicted molar refractivity (Wildman–Crippen MR) is 48.7 cm³/mol. The van der Waals surface area contributed by atoms with Gasteiger partial charge >= 0.3 is 0 Å². The van der Waals surface area contributed by atoms with Crippen LogP contribution >= 0.6 is 0 Å². The van der Waals surface area contributed by atoms with Gasteiger partial charge in [-0.25, -0.2) is 0 Å². The van der Waals surface area contributed by atoms with Gasteiger partial charge in [0.15, 0.2) is 0 Å². The highest BCUT2D eigenvalue weighted by Gasteiger charge is 2.23. The second-order valence-corrected chi connectivity index (χ2v) is 4.36. The fourth-order valence-electron chi connectivity index (χ4n) is 1.19. The summed E-state index contributed by atoms with van der Waals surface area (Å²) >= 11 is 0. The van der Waals surface area contributed by atoms with Crippen molar-refractivity contribution in [1.82, 2.24) is 0 Å². The van der Waals surface area contributed by atoms with E-state index in [-0.39, 0.29) is 5.92 Å². The summed E-state index contributed by atoms with van der Waals surface area (Å²) < 4.78 is 13.0. The number of rotatable bonds is 5. The van der Waals surface area contributed by atoms with E-state index in [0.29, 0.717) is 17.4 Å². The van der Waals surface area contributed by atoms with E-state index in [1.807, 2.05) is 28.1 Å². The van der Waals surface area contributed by atoms with Crippen LogP contribution in [0.3, 0.4) is 0 Å². The number of aliphatic hydroxyl groups is 1. The predicted octanol–water partition coefficient (Wildman–Crippen LogP) is 1.05. The second kappa shape index (κ2) is 4.77. The van der Waals surface area contributed by atoms with Crippen molar-refractivity contribution >= 4 is 0 Å². The molecule has 3 heteroatoms. The Balaban J connectivity index is 3.92. The highest BCUT2D eigenvalue weighted by atomic mass is 19.1. The zero-order valence-electron chi connectivity index (χ0n) is 8.55. The van der Waals surface area contributed by atoms with Gasteiger partial charge in [-0.05, 0) is 6.42 Å². The SMILES string of the molecule is CCC(CF)C(O)C[N+](C)(C)C. The lowest BCUT2D eigenvalue weighted by molar-refractivity contribution is -0.874. The first-order chi connectivity index (χ1) is 5.40. The normalized spacial score (nSPS) is 17.5. The molecule has 0 aromatic rings. The first-order valence-corrected chi connectivity index (χ1v) is 4.45. The van der Waals surface area contributed by atoms with Crippen molar-refractivity contribution in [3.63, 3.8) is 0 Å². The largest absolute Gasteiger partial charge is 0.387 e. The van der Waals surface area contributed by atoms with Crippen molar-refractivity contribution in [3.8, 4) is 0 Å². The molecule has 0 saturated heterocycles. The van der Waals surface area contributed by atoms with E-state index in [0.717, 1.165) is 0 Å². The van der Waals surface area contributed by atoms with Crippen LogP contribution in [0.25, 0.3) is 0 Å². The maximum Gasteiger partial charge on any atom is 0.108 e. The average molecular weight is 178 g/mol. The molecule has 0 rings (SSSR count). The van der Waals surface area contributed by atoms with Gasteiger partial charge in [-0.15, -0.1) is 0 Å². The van der Waals surface area contributed by atoms with E-state index in [1.54, 1.807) is 0 Å². The first kappa shape index (κ1) is 11.8. The second-order valence-electron chi connectivity index (χ2n) is 4.36. The summed E-state index contributed by atoms with van der Waals surface area (Å²) in [4.78, 5) is 0. The number of hydrogen-bond donors (Lipinski definition) is 1. The smallest absolute Gasteiger partial charge is 0.108 e. The van der Waals surface area contributed by atoms with Crippen molar-refractivity contribution in [1.29, 1.82) is 0 Å². The topological polar surface area (TPSA) is 20.2 Å². The average Bonchev–Trinajstić information content (AvgIpc) is 1.85. The summed E-state index contributed by atoms with van der Waals surface area (Å²) in [7, 11) is 5.98. The zero-order chi connectivity index (χ0) is 9.78. The first-order valence-electron chi connectivity index (χ1n) is 4.45. The maximum absolute atomic E-state index is 12.3. The Kier molecular flexibility index (Phi) is 4.71. The molecule has 2 atom stereocenters. The van der Waals surface area contributed by atoms with Crippen LogP contribution in [0, 0.1) is 5.92 Å². The fraction of sp³-hybridized carbons (Fsp3) is 1.00. The molecule has 0 bridgehead atoms. The van der Waals surface area contributed by atoms with Crippen LogP contribution < -0.4 is 0 Å². The van der Waals surface area contributed by atoms with Crippen LogP contribution in [0.1, 0.15) is 13.3 Å². The van der Waals surface area contributed by atoms with Crippen LogP contribution in [0.4, 0.5) is 4.39 Å². The van der Waals surface area contributed by atoms with Gasteiger partial charge in [-0.3, -0.25) is 4.39 Å². The van der Waals surface area contributed by atoms with Gasteiger partial charge in [0.05, 0.1) is 27.8 Å². The molecule has 0 aromatic carbocycles. The van der Waals surface area contributed by atoms with E-state index in [9.17, 15) is 9.50 Å². The molecular weight excluding hydrogens is 157 g/mol. The molecule has 2 unspecified atom stereocenters. The van der Waals surface area contributed by atoms with Gasteiger partial charge in [0.2, 0.25) is 0 Å². The van der Waals surface area contributed by atoms with Crippen LogP contribution in [0.15, 0.2) is 0 Å². The van der Waals surface area contributed by atoms with Crippen LogP contribution in [-0.2, 0) is 0 Å². The molecule has 0 aliphatic heterocycles. The van der Waals surface area contributed by atoms with Gasteiger partial charge < -0.3 is 9.59 Å². The molecule has 0 fully saturated rings. The lowest BCUT2D eigenvalue weighted by atomic mass is 10.0. The van der Waals surface area contributed by atoms with Crippen LogP contribution in [0.2, 0.25) is 0 Å². The minimum Gasteiger partial charge on any atom is -0.387 e. The monoisotopic (exact) mass is 178 g/mol. The number of quaternary nitrogens is 1. The molecule has 12 heavy (non-hydrogen) atoms. The lowest BCUT2D eigenvalue weighted by Crippen LogP contribution is -2.44. The molecule has 0 aliphatic rings. The number of aliphatic hydroxyl groups excluding tert-OH is 1. The number of halogens is 1. The highest BCUT2D eigenvalue weighted by molar-refractivity contribution is 4.65. The van der Waals surface area contributed by atoms with Gasteiger partial charge in [0, 0.05) is 5.92 Å². The van der Waals surface area contributed by atoms with Crippen LogP contribution in [0.5, 0.6) is 0 Å². The van der Waals surface area contributed by atoms with Gasteiger partial charge in [-0.2, -0.15) is 0 Å². The quantitative estimate of drug-likeness (QED) is 0.624. The Morgan fingerprint density at radius 1 is 1.33 bits per heavy atom. The Morgan fingerprint density at radius 2 is 1.83 bits per heavy atom. The maximum atomic E-state index is 12.3. The molecule has 0 radical (unpaired) electrons. The minimum atomic E-state index is -0.514. The van der Waals surface area contributed by atoms with E-state index >= 15 is 0 Å². The van der Waals surface area contributed by atoms with Crippen molar-refractivity contribution in [3.05, 3.63) is 0 Å². The summed E-state index contributed by atoms with van der Waals surface area (Å²) in [6.45, 7) is 2.10. The third-order valence-electron chi connectivity index (χ3n) is 2.00. The van der Waals surface area contributed by atoms with Crippen molar-refractivity contribution < 1.29 is 14.0 Å². The zero-order valence-corrected chi connectivity index (χ0v) is 8.55. The Hall–Kier alpha value is -0.150. The number of alkyl halides is 1. The van der Waals surface area contributed by atoms with E-state index in [2.05, 4.69) is 0 Å². The molecule has 2 nitrogen and oxygen atoms in total. The van der Waals surface area contributed by atoms with Gasteiger partial charge in [-0.1, -0.05) is 6.92 Å². The molecule has 0 saturated carbocycles. The lowest BCUT2D eigenvalue weighted by Gasteiger charge is -2.29. The Bertz CT molecular complexity index is 118. The summed E-state index contributed by atoms with van der Waals surface area (Å²) in [5.74, 6) is -0.192. The van der Waals surface area contributed by atoms with E-state index in [4.69, 9.17) is 0 Å². The minimum absolute atomic E-state index is 0.192. The number of nitrogens with zero attached hydrogens (tertiary/aromatic N) is 1. The molecule has 0 amide bonds. The summed E-state index contributed by atoms with van der Waals surface area (Å²) in [5.41, 5.74) is 0. The molecular formula is C9H21FNO+. The molecule has 1 N–H and O–H groups in total. The summed E-state index contributed by atoms with van der Waals surface area (Å²) in [6.07, 6.45) is 0.192. The third-order valence-corrected chi connectivity index (χ3v) is 2.00. The molecule has 0 heterocycles. The third kappa shape index (κ3) is 4.67. The summed E-state index contributed by atoms with van der Waals surface area (Å²) in [5, 5.41) is 9.59. The van der Waals surface area contributed by atoms with Crippen molar-refractivity contribution in [2.75, 3.05) is 34.4 Å². The van der Waals surface area contributed by atoms with Crippen LogP contribution in [-0.4, -0.2) is 50.1 Å². The Morgan fingerprint density at radius 3 is 2.08 bits per heavy atom. The van der Waals surface area contributed by atoms with E-state index < -0.39 is 12.8 Å². The standard InChI is InChI=1S/C9H21FNO/c1-5-8(6-10)9(12)7-11(2,3)4/h8-9,12H,5-7H2,1-4H3/q+1. The van der Waals surface area contributed by atoms with Gasteiger partial charge in [0.1, 0.15) is 12.6 Å². The molecule has 0 spiro atoms. The summed E-state index contributed by atoms with van der Waals surface area (Å²) in [6, 6.07) is 0. The van der Waals surface area contributed by atoms with Gasteiger partial charge in [0.25, 0.3) is 0 Å². The number of hydrogen-bond acceptors (Lipinski definition) is 1. The molecule has 0 aliphatic carbocycles. The Labute approximate surface area is 74.6 Å². The molecule has 74 valence electrons. The van der Waals surface area contributed by atoms with Crippen molar-refractivity contribution in [2.45, 2.75) is 19.4 Å².